The van der Waals surface area contributed by atoms with Gasteiger partial charge in [-0.1, -0.05) is 42.5 Å². The minimum atomic E-state index is -0.561. The molecule has 9 heteroatoms. The van der Waals surface area contributed by atoms with Gasteiger partial charge in [0.05, 0.1) is 0 Å². The molecular weight excluding hydrogens is 486 g/mol. The van der Waals surface area contributed by atoms with E-state index in [9.17, 15) is 9.18 Å². The van der Waals surface area contributed by atoms with E-state index < -0.39 is 5.82 Å². The summed E-state index contributed by atoms with van der Waals surface area (Å²) in [6.07, 6.45) is 3.17. The second kappa shape index (κ2) is 11.4. The fraction of sp³-hybridized carbons (Fsp3) is 0.276. The molecule has 0 saturated heterocycles. The number of amides is 1. The van der Waals surface area contributed by atoms with E-state index in [4.69, 9.17) is 0 Å². The van der Waals surface area contributed by atoms with E-state index in [-0.39, 0.29) is 30.1 Å². The van der Waals surface area contributed by atoms with Crippen LogP contribution in [0.3, 0.4) is 0 Å². The van der Waals surface area contributed by atoms with E-state index in [1.807, 2.05) is 43.3 Å². The third-order valence-electron chi connectivity index (χ3n) is 6.60. The van der Waals surface area contributed by atoms with Gasteiger partial charge in [-0.15, -0.1) is 0 Å². The third kappa shape index (κ3) is 6.53. The maximum atomic E-state index is 15.1. The molecule has 1 aliphatic rings. The molecule has 4 aromatic rings. The molecule has 2 aromatic heterocycles. The summed E-state index contributed by atoms with van der Waals surface area (Å²) in [5.41, 5.74) is 3.43. The Bertz CT molecular complexity index is 1390. The van der Waals surface area contributed by atoms with E-state index >= 15 is 4.39 Å². The molecule has 1 atom stereocenters. The lowest BCUT2D eigenvalue weighted by Crippen LogP contribution is -2.24. The summed E-state index contributed by atoms with van der Waals surface area (Å²) in [5.74, 6) is 0.373. The number of carbonyl (C=O) groups excluding carboxylic acids is 1. The van der Waals surface area contributed by atoms with Crippen molar-refractivity contribution in [3.05, 3.63) is 101 Å². The Balaban J connectivity index is 1.32. The highest BCUT2D eigenvalue weighted by molar-refractivity contribution is 5.76. The van der Waals surface area contributed by atoms with E-state index in [1.54, 1.807) is 12.1 Å². The van der Waals surface area contributed by atoms with Crippen LogP contribution in [0.25, 0.3) is 0 Å². The predicted molar refractivity (Wildman–Crippen MR) is 143 cm³/mol. The topological polar surface area (TPSA) is 94.7 Å². The summed E-state index contributed by atoms with van der Waals surface area (Å²) in [5, 5.41) is 16.4. The average molecular weight is 517 g/mol. The first kappa shape index (κ1) is 25.4. The maximum absolute atomic E-state index is 15.1. The zero-order chi connectivity index (χ0) is 26.5. The van der Waals surface area contributed by atoms with Gasteiger partial charge in [0, 0.05) is 42.2 Å². The van der Waals surface area contributed by atoms with Gasteiger partial charge in [0.15, 0.2) is 17.5 Å². The van der Waals surface area contributed by atoms with Crippen molar-refractivity contribution >= 4 is 23.4 Å². The van der Waals surface area contributed by atoms with Gasteiger partial charge >= 0.3 is 0 Å². The van der Waals surface area contributed by atoms with Gasteiger partial charge in [0.25, 0.3) is 0 Å². The molecule has 196 valence electrons. The van der Waals surface area contributed by atoms with Gasteiger partial charge in [-0.3, -0.25) is 9.89 Å². The first-order valence-corrected chi connectivity index (χ1v) is 12.8. The van der Waals surface area contributed by atoms with Gasteiger partial charge < -0.3 is 16.0 Å². The lowest BCUT2D eigenvalue weighted by Gasteiger charge is -2.19. The molecule has 5 rings (SSSR count). The summed E-state index contributed by atoms with van der Waals surface area (Å²) in [7, 11) is 0. The van der Waals surface area contributed by atoms with Crippen LogP contribution in [0.15, 0.2) is 66.7 Å². The Morgan fingerprint density at radius 1 is 1.05 bits per heavy atom. The van der Waals surface area contributed by atoms with Gasteiger partial charge in [-0.05, 0) is 55.5 Å². The minimum absolute atomic E-state index is 0.0202. The predicted octanol–water partition coefficient (Wildman–Crippen LogP) is 6.13. The number of nitrogens with one attached hydrogen (secondary N) is 4. The van der Waals surface area contributed by atoms with Gasteiger partial charge in [-0.25, -0.2) is 13.8 Å². The summed E-state index contributed by atoms with van der Waals surface area (Å²) in [6.45, 7) is 2.01. The van der Waals surface area contributed by atoms with Crippen molar-refractivity contribution in [1.82, 2.24) is 20.5 Å². The number of H-pyrrole nitrogens is 1. The minimum Gasteiger partial charge on any atom is -0.363 e. The Kier molecular flexibility index (Phi) is 7.62. The second-order valence-corrected chi connectivity index (χ2v) is 9.61. The number of aryl methyl sites for hydroxylation is 1. The molecule has 1 aliphatic carbocycles. The molecule has 1 amide bonds. The monoisotopic (exact) mass is 516 g/mol. The zero-order valence-corrected chi connectivity index (χ0v) is 21.1. The molecule has 38 heavy (non-hydrogen) atoms. The molecule has 0 bridgehead atoms. The lowest BCUT2D eigenvalue weighted by molar-refractivity contribution is -0.121. The molecule has 7 nitrogen and oxygen atoms in total. The number of nitrogens with zero attached hydrogens (tertiary/aromatic N) is 2. The normalized spacial score (nSPS) is 13.7. The molecule has 0 aliphatic heterocycles. The highest BCUT2D eigenvalue weighted by atomic mass is 19.1. The van der Waals surface area contributed by atoms with Crippen molar-refractivity contribution in [3.8, 4) is 0 Å². The number of anilines is 3. The summed E-state index contributed by atoms with van der Waals surface area (Å²) >= 11 is 0. The number of rotatable bonds is 11. The van der Waals surface area contributed by atoms with E-state index in [0.717, 1.165) is 29.7 Å². The SMILES string of the molecule is C[C@H](Nc1nc(Nc2cc(C3CC3)[nH]n2)c(F)cc1CNC(=O)CCc1ccccc1)c1ccc(F)cc1. The molecule has 4 N–H and O–H groups in total. The maximum Gasteiger partial charge on any atom is 0.220 e. The quantitative estimate of drug-likeness (QED) is 0.193. The van der Waals surface area contributed by atoms with Crippen molar-refractivity contribution in [2.24, 2.45) is 0 Å². The second-order valence-electron chi connectivity index (χ2n) is 9.61. The fourth-order valence-corrected chi connectivity index (χ4v) is 4.22. The smallest absolute Gasteiger partial charge is 0.220 e. The summed E-state index contributed by atoms with van der Waals surface area (Å²) in [6, 6.07) is 18.9. The molecular formula is C29H30F2N6O. The van der Waals surface area contributed by atoms with E-state index in [1.165, 1.54) is 18.2 Å². The first-order chi connectivity index (χ1) is 18.4. The Hall–Kier alpha value is -4.27. The van der Waals surface area contributed by atoms with Crippen LogP contribution in [0.1, 0.15) is 60.5 Å². The van der Waals surface area contributed by atoms with Crippen LogP contribution in [0, 0.1) is 11.6 Å². The highest BCUT2D eigenvalue weighted by Gasteiger charge is 2.26. The number of aromatic amines is 1. The molecule has 2 heterocycles. The molecule has 1 fully saturated rings. The van der Waals surface area contributed by atoms with Crippen molar-refractivity contribution in [2.45, 2.75) is 51.1 Å². The average Bonchev–Trinajstić information content (AvgIpc) is 3.67. The summed E-state index contributed by atoms with van der Waals surface area (Å²) in [4.78, 5) is 17.0. The standard InChI is InChI=1S/C29H30F2N6O/c1-18(20-10-12-23(30)13-11-20)33-28-22(17-32-27(38)14-7-19-5-3-2-4-6-19)15-24(31)29(35-28)34-26-16-25(36-37-26)21-8-9-21/h2-6,10-13,15-16,18,21H,7-9,14,17H2,1H3,(H,32,38)(H3,33,34,35,36,37)/t18-/m0/s1. The third-order valence-corrected chi connectivity index (χ3v) is 6.60. The van der Waals surface area contributed by atoms with Gasteiger partial charge in [0.2, 0.25) is 5.91 Å². The molecule has 0 unspecified atom stereocenters. The molecule has 2 aromatic carbocycles. The zero-order valence-electron chi connectivity index (χ0n) is 21.1. The van der Waals surface area contributed by atoms with Crippen LogP contribution in [0.4, 0.5) is 26.2 Å². The van der Waals surface area contributed by atoms with Crippen molar-refractivity contribution in [3.63, 3.8) is 0 Å². The fourth-order valence-electron chi connectivity index (χ4n) is 4.22. The summed E-state index contributed by atoms with van der Waals surface area (Å²) < 4.78 is 28.6. The molecule has 0 spiro atoms. The number of aromatic nitrogens is 3. The van der Waals surface area contributed by atoms with Crippen molar-refractivity contribution in [2.75, 3.05) is 10.6 Å². The first-order valence-electron chi connectivity index (χ1n) is 12.8. The number of carbonyl (C=O) groups is 1. The number of benzene rings is 2. The van der Waals surface area contributed by atoms with Crippen LogP contribution in [-0.4, -0.2) is 21.1 Å². The van der Waals surface area contributed by atoms with Gasteiger partial charge in [-0.2, -0.15) is 5.10 Å². The number of pyridine rings is 1. The largest absolute Gasteiger partial charge is 0.363 e. The lowest BCUT2D eigenvalue weighted by atomic mass is 10.1. The van der Waals surface area contributed by atoms with E-state index in [2.05, 4.69) is 31.1 Å². The molecule has 0 radical (unpaired) electrons. The van der Waals surface area contributed by atoms with Crippen LogP contribution >= 0.6 is 0 Å². The van der Waals surface area contributed by atoms with Crippen LogP contribution in [0.2, 0.25) is 0 Å². The van der Waals surface area contributed by atoms with Crippen molar-refractivity contribution < 1.29 is 13.6 Å². The highest BCUT2D eigenvalue weighted by Crippen LogP contribution is 2.39. The van der Waals surface area contributed by atoms with E-state index in [0.29, 0.717) is 36.0 Å². The van der Waals surface area contributed by atoms with Crippen molar-refractivity contribution in [1.29, 1.82) is 0 Å². The molecule has 1 saturated carbocycles. The van der Waals surface area contributed by atoms with Gasteiger partial charge in [0.1, 0.15) is 11.6 Å². The Labute approximate surface area is 220 Å². The number of halogens is 2. The number of hydrogen-bond donors (Lipinski definition) is 4. The Morgan fingerprint density at radius 3 is 2.55 bits per heavy atom. The van der Waals surface area contributed by atoms with Crippen LogP contribution < -0.4 is 16.0 Å². The Morgan fingerprint density at radius 2 is 1.82 bits per heavy atom. The van der Waals surface area contributed by atoms with Crippen LogP contribution in [-0.2, 0) is 17.8 Å². The number of hydrogen-bond acceptors (Lipinski definition) is 5. The van der Waals surface area contributed by atoms with Crippen LogP contribution in [0.5, 0.6) is 0 Å².